The normalized spacial score (nSPS) is 29.9. The molecule has 286 valence electrons. The average molecular weight is 735 g/mol. The molecule has 0 bridgehead atoms. The SMILES string of the molecule is C[C@]1(O)O[C@H](CO)[C@@H](O)[C@H](O)[C@H]1O.O[C@H]1O[C@H](COCc2ccccc2)[C@@H](OCc2ccccc2)[C@H](OCc2ccccc2)[C@H]1OCc1ccccc1. The summed E-state index contributed by atoms with van der Waals surface area (Å²) in [6.45, 7) is 2.25. The van der Waals surface area contributed by atoms with Crippen LogP contribution in [-0.4, -0.2) is 105 Å². The lowest BCUT2D eigenvalue weighted by atomic mass is 9.94. The van der Waals surface area contributed by atoms with Crippen molar-refractivity contribution in [3.63, 3.8) is 0 Å². The van der Waals surface area contributed by atoms with E-state index in [1.807, 2.05) is 121 Å². The van der Waals surface area contributed by atoms with Gasteiger partial charge in [-0.25, -0.2) is 0 Å². The molecule has 2 aliphatic rings. The molecule has 4 aromatic carbocycles. The maximum atomic E-state index is 11.2. The van der Waals surface area contributed by atoms with E-state index < -0.39 is 67.5 Å². The van der Waals surface area contributed by atoms with Gasteiger partial charge in [-0.15, -0.1) is 0 Å². The molecule has 0 aliphatic carbocycles. The van der Waals surface area contributed by atoms with E-state index in [0.29, 0.717) is 26.4 Å². The van der Waals surface area contributed by atoms with E-state index in [0.717, 1.165) is 29.2 Å². The summed E-state index contributed by atoms with van der Waals surface area (Å²) in [4.78, 5) is 0. The molecule has 0 unspecified atom stereocenters. The molecular formula is C41H50O12. The maximum Gasteiger partial charge on any atom is 0.192 e. The fourth-order valence-corrected chi connectivity index (χ4v) is 6.08. The number of benzene rings is 4. The molecule has 10 atom stereocenters. The maximum absolute atomic E-state index is 11.2. The second-order valence-electron chi connectivity index (χ2n) is 13.2. The van der Waals surface area contributed by atoms with Crippen LogP contribution in [0.15, 0.2) is 121 Å². The van der Waals surface area contributed by atoms with Crippen molar-refractivity contribution in [2.24, 2.45) is 0 Å². The summed E-state index contributed by atoms with van der Waals surface area (Å²) in [5.41, 5.74) is 4.10. The van der Waals surface area contributed by atoms with Crippen molar-refractivity contribution in [2.75, 3.05) is 13.2 Å². The first-order valence-corrected chi connectivity index (χ1v) is 17.6. The van der Waals surface area contributed by atoms with Crippen molar-refractivity contribution in [3.8, 4) is 0 Å². The first kappa shape index (κ1) is 40.6. The number of aliphatic hydroxyl groups excluding tert-OH is 5. The fraction of sp³-hybridized carbons (Fsp3) is 0.415. The summed E-state index contributed by atoms with van der Waals surface area (Å²) in [5.74, 6) is -1.95. The van der Waals surface area contributed by atoms with E-state index in [-0.39, 0.29) is 6.61 Å². The minimum Gasteiger partial charge on any atom is -0.394 e. The quantitative estimate of drug-likeness (QED) is 0.112. The van der Waals surface area contributed by atoms with E-state index in [4.69, 9.17) is 33.5 Å². The second kappa shape index (κ2) is 20.2. The molecule has 6 rings (SSSR count). The van der Waals surface area contributed by atoms with Crippen molar-refractivity contribution in [1.82, 2.24) is 0 Å². The molecule has 2 saturated heterocycles. The molecule has 2 heterocycles. The van der Waals surface area contributed by atoms with Crippen LogP contribution in [0.3, 0.4) is 0 Å². The highest BCUT2D eigenvalue weighted by molar-refractivity contribution is 5.16. The van der Waals surface area contributed by atoms with Gasteiger partial charge in [-0.3, -0.25) is 0 Å². The highest BCUT2D eigenvalue weighted by Crippen LogP contribution is 2.30. The van der Waals surface area contributed by atoms with Gasteiger partial charge in [0.05, 0.1) is 39.6 Å². The summed E-state index contributed by atoms with van der Waals surface area (Å²) in [5, 5.41) is 56.9. The Hall–Kier alpha value is -3.60. The Morgan fingerprint density at radius 2 is 0.962 bits per heavy atom. The Bertz CT molecular complexity index is 1580. The van der Waals surface area contributed by atoms with Gasteiger partial charge in [-0.2, -0.15) is 0 Å². The largest absolute Gasteiger partial charge is 0.394 e. The van der Waals surface area contributed by atoms with E-state index >= 15 is 0 Å². The van der Waals surface area contributed by atoms with Gasteiger partial charge in [0, 0.05) is 0 Å². The van der Waals surface area contributed by atoms with Crippen LogP contribution in [0, 0.1) is 0 Å². The minimum absolute atomic E-state index is 0.224. The van der Waals surface area contributed by atoms with Gasteiger partial charge in [0.1, 0.15) is 48.8 Å². The zero-order valence-corrected chi connectivity index (χ0v) is 29.6. The molecule has 0 spiro atoms. The molecule has 6 N–H and O–H groups in total. The van der Waals surface area contributed by atoms with Gasteiger partial charge in [0.25, 0.3) is 0 Å². The average Bonchev–Trinajstić information content (AvgIpc) is 3.19. The van der Waals surface area contributed by atoms with Crippen molar-refractivity contribution in [1.29, 1.82) is 0 Å². The molecule has 12 nitrogen and oxygen atoms in total. The first-order valence-electron chi connectivity index (χ1n) is 17.6. The number of ether oxygens (including phenoxy) is 6. The summed E-state index contributed by atoms with van der Waals surface area (Å²) < 4.78 is 36.2. The van der Waals surface area contributed by atoms with Crippen molar-refractivity contribution in [3.05, 3.63) is 144 Å². The molecule has 0 saturated carbocycles. The van der Waals surface area contributed by atoms with Gasteiger partial charge in [0.2, 0.25) is 0 Å². The van der Waals surface area contributed by atoms with Gasteiger partial charge < -0.3 is 59.1 Å². The molecule has 53 heavy (non-hydrogen) atoms. The van der Waals surface area contributed by atoms with Gasteiger partial charge in [-0.05, 0) is 29.2 Å². The highest BCUT2D eigenvalue weighted by Gasteiger charge is 2.50. The van der Waals surface area contributed by atoms with Crippen LogP contribution >= 0.6 is 0 Å². The standard InChI is InChI=1S/C34H36O6.C7H14O6/c35-34-33(39-24-29-19-11-4-12-20-29)32(38-23-28-17-9-3-10-18-28)31(37-22-27-15-7-2-8-16-27)30(40-34)25-36-21-26-13-5-1-6-14-26;1-7(12)6(11)5(10)4(9)3(2-8)13-7/h1-20,30-35H,21-25H2;3-6,8-12H,2H2,1H3/t30-,31-,32+,33-,34+;3-,4-,5+,6-,7+/m11/s1. The van der Waals surface area contributed by atoms with Crippen molar-refractivity contribution < 1.29 is 59.1 Å². The molecule has 2 fully saturated rings. The molecule has 12 heteroatoms. The topological polar surface area (TPSA) is 177 Å². The third kappa shape index (κ3) is 11.7. The van der Waals surface area contributed by atoms with Crippen LogP contribution in [0.5, 0.6) is 0 Å². The Labute approximate surface area is 309 Å². The third-order valence-electron chi connectivity index (χ3n) is 9.03. The summed E-state index contributed by atoms with van der Waals surface area (Å²) >= 11 is 0. The Balaban J connectivity index is 0.000000352. The van der Waals surface area contributed by atoms with Gasteiger partial charge >= 0.3 is 0 Å². The highest BCUT2D eigenvalue weighted by atomic mass is 16.7. The monoisotopic (exact) mass is 734 g/mol. The molecule has 2 aliphatic heterocycles. The van der Waals surface area contributed by atoms with Crippen molar-refractivity contribution in [2.45, 2.75) is 94.3 Å². The van der Waals surface area contributed by atoms with E-state index in [1.165, 1.54) is 0 Å². The summed E-state index contributed by atoms with van der Waals surface area (Å²) in [6, 6.07) is 39.7. The zero-order chi connectivity index (χ0) is 37.6. The van der Waals surface area contributed by atoms with Crippen LogP contribution in [0.25, 0.3) is 0 Å². The van der Waals surface area contributed by atoms with E-state index in [2.05, 4.69) is 0 Å². The van der Waals surface area contributed by atoms with Gasteiger partial charge in [-0.1, -0.05) is 121 Å². The minimum atomic E-state index is -1.95. The molecule has 0 radical (unpaired) electrons. The van der Waals surface area contributed by atoms with Crippen LogP contribution in [-0.2, 0) is 54.8 Å². The predicted octanol–water partition coefficient (Wildman–Crippen LogP) is 2.85. The molecule has 0 aromatic heterocycles. The van der Waals surface area contributed by atoms with E-state index in [1.54, 1.807) is 0 Å². The third-order valence-corrected chi connectivity index (χ3v) is 9.03. The lowest BCUT2D eigenvalue weighted by Gasteiger charge is -2.44. The number of rotatable bonds is 14. The smallest absolute Gasteiger partial charge is 0.192 e. The van der Waals surface area contributed by atoms with Crippen molar-refractivity contribution >= 4 is 0 Å². The van der Waals surface area contributed by atoms with Crippen LogP contribution in [0.2, 0.25) is 0 Å². The fourth-order valence-electron chi connectivity index (χ4n) is 6.08. The van der Waals surface area contributed by atoms with E-state index in [9.17, 15) is 25.5 Å². The number of hydrogen-bond acceptors (Lipinski definition) is 12. The van der Waals surface area contributed by atoms with Crippen LogP contribution in [0.4, 0.5) is 0 Å². The predicted molar refractivity (Wildman–Crippen MR) is 193 cm³/mol. The lowest BCUT2D eigenvalue weighted by molar-refractivity contribution is -0.341. The molecular weight excluding hydrogens is 684 g/mol. The van der Waals surface area contributed by atoms with Crippen LogP contribution in [0.1, 0.15) is 29.2 Å². The zero-order valence-electron chi connectivity index (χ0n) is 29.6. The Morgan fingerprint density at radius 1 is 0.547 bits per heavy atom. The first-order chi connectivity index (χ1) is 25.7. The molecule has 4 aromatic rings. The second-order valence-corrected chi connectivity index (χ2v) is 13.2. The summed E-state index contributed by atoms with van der Waals surface area (Å²) in [7, 11) is 0. The number of hydrogen-bond donors (Lipinski definition) is 6. The molecule has 0 amide bonds. The lowest BCUT2D eigenvalue weighted by Crippen LogP contribution is -2.63. The van der Waals surface area contributed by atoms with Gasteiger partial charge in [0.15, 0.2) is 12.1 Å². The van der Waals surface area contributed by atoms with Crippen LogP contribution < -0.4 is 0 Å². The number of aliphatic hydroxyl groups is 6. The Morgan fingerprint density at radius 3 is 1.42 bits per heavy atom. The summed E-state index contributed by atoms with van der Waals surface area (Å²) in [6.07, 6.45) is -9.33. The Kier molecular flexibility index (Phi) is 15.5.